The van der Waals surface area contributed by atoms with Crippen LogP contribution in [0.1, 0.15) is 41.6 Å². The van der Waals surface area contributed by atoms with Gasteiger partial charge in [-0.15, -0.1) is 0 Å². The van der Waals surface area contributed by atoms with Gasteiger partial charge in [-0.25, -0.2) is 14.5 Å². The summed E-state index contributed by atoms with van der Waals surface area (Å²) < 4.78 is 18.9. The normalized spacial score (nSPS) is 17.5. The lowest BCUT2D eigenvalue weighted by atomic mass is 9.93. The molecule has 0 radical (unpaired) electrons. The summed E-state index contributed by atoms with van der Waals surface area (Å²) in [5.74, 6) is 1.67. The maximum Gasteiger partial charge on any atom is 0.335 e. The molecule has 0 saturated heterocycles. The topological polar surface area (TPSA) is 108 Å². The number of pyridine rings is 1. The molecule has 1 fully saturated rings. The largest absolute Gasteiger partial charge is 0.497 e. The number of carboxylic acids is 1. The molecule has 0 spiro atoms. The second-order valence-corrected chi connectivity index (χ2v) is 9.15. The first-order chi connectivity index (χ1) is 18.0. The number of nitrogens with one attached hydrogen (secondary N) is 1. The number of anilines is 1. The lowest BCUT2D eigenvalue weighted by Crippen LogP contribution is -2.29. The van der Waals surface area contributed by atoms with Gasteiger partial charge in [0.25, 0.3) is 0 Å². The second kappa shape index (κ2) is 10.9. The monoisotopic (exact) mass is 502 g/mol. The predicted octanol–water partition coefficient (Wildman–Crippen LogP) is 5.35. The molecule has 2 heterocycles. The van der Waals surface area contributed by atoms with Crippen molar-refractivity contribution in [1.29, 1.82) is 0 Å². The van der Waals surface area contributed by atoms with Crippen molar-refractivity contribution in [2.75, 3.05) is 19.5 Å². The van der Waals surface area contributed by atoms with Gasteiger partial charge < -0.3 is 24.6 Å². The van der Waals surface area contributed by atoms with E-state index >= 15 is 0 Å². The third-order valence-electron chi connectivity index (χ3n) is 6.76. The lowest BCUT2D eigenvalue weighted by Gasteiger charge is -2.28. The van der Waals surface area contributed by atoms with Crippen LogP contribution in [0.2, 0.25) is 0 Å². The van der Waals surface area contributed by atoms with E-state index in [0.29, 0.717) is 29.8 Å². The minimum Gasteiger partial charge on any atom is -0.497 e. The number of aromatic carboxylic acids is 1. The number of ether oxygens (including phenoxy) is 3. The summed E-state index contributed by atoms with van der Waals surface area (Å²) in [7, 11) is 3.42. The highest BCUT2D eigenvalue weighted by Gasteiger charge is 2.24. The number of rotatable bonds is 9. The van der Waals surface area contributed by atoms with Crippen LogP contribution >= 0.6 is 0 Å². The Bertz CT molecular complexity index is 1360. The molecule has 0 aliphatic heterocycles. The average molecular weight is 503 g/mol. The van der Waals surface area contributed by atoms with Gasteiger partial charge in [-0.2, -0.15) is 5.10 Å². The summed E-state index contributed by atoms with van der Waals surface area (Å²) >= 11 is 0. The van der Waals surface area contributed by atoms with Gasteiger partial charge in [0.05, 0.1) is 25.3 Å². The Morgan fingerprint density at radius 1 is 1.00 bits per heavy atom. The number of hydrogen-bond acceptors (Lipinski definition) is 7. The number of hydrogen-bond donors (Lipinski definition) is 2. The minimum absolute atomic E-state index is 0.202. The average Bonchev–Trinajstić information content (AvgIpc) is 3.27. The number of fused-ring (bicyclic) bond motifs is 1. The quantitative estimate of drug-likeness (QED) is 0.315. The lowest BCUT2D eigenvalue weighted by molar-refractivity contribution is 0.0681. The SMILES string of the molecule is COc1ccc(Cn2nc(NC3CCC(OC)CC3)c3c(Oc4ccc(C(=O)O)cc4)ccnc32)cc1. The fraction of sp³-hybridized carbons (Fsp3) is 0.321. The summed E-state index contributed by atoms with van der Waals surface area (Å²) in [6.07, 6.45) is 5.96. The van der Waals surface area contributed by atoms with E-state index in [1.165, 1.54) is 12.1 Å². The molecular weight excluding hydrogens is 472 g/mol. The Morgan fingerprint density at radius 2 is 1.70 bits per heavy atom. The van der Waals surface area contributed by atoms with E-state index in [9.17, 15) is 9.90 Å². The molecule has 2 aromatic carbocycles. The Kier molecular flexibility index (Phi) is 7.23. The highest BCUT2D eigenvalue weighted by molar-refractivity contribution is 5.93. The van der Waals surface area contributed by atoms with Crippen molar-refractivity contribution in [3.05, 3.63) is 71.9 Å². The summed E-state index contributed by atoms with van der Waals surface area (Å²) in [6.45, 7) is 0.530. The molecule has 0 atom stereocenters. The number of methoxy groups -OCH3 is 2. The highest BCUT2D eigenvalue weighted by atomic mass is 16.5. The number of benzene rings is 2. The molecule has 5 rings (SSSR count). The maximum atomic E-state index is 11.2. The van der Waals surface area contributed by atoms with Crippen LogP contribution in [0.15, 0.2) is 60.8 Å². The third-order valence-corrected chi connectivity index (χ3v) is 6.76. The minimum atomic E-state index is -0.979. The van der Waals surface area contributed by atoms with Crippen LogP contribution in [0.3, 0.4) is 0 Å². The predicted molar refractivity (Wildman–Crippen MR) is 140 cm³/mol. The molecule has 0 amide bonds. The van der Waals surface area contributed by atoms with Gasteiger partial charge >= 0.3 is 5.97 Å². The van der Waals surface area contributed by atoms with Crippen LogP contribution in [0, 0.1) is 0 Å². The molecule has 37 heavy (non-hydrogen) atoms. The van der Waals surface area contributed by atoms with Crippen LogP contribution in [0.25, 0.3) is 11.0 Å². The Labute approximate surface area is 215 Å². The molecule has 192 valence electrons. The fourth-order valence-corrected chi connectivity index (χ4v) is 4.70. The number of nitrogens with zero attached hydrogens (tertiary/aromatic N) is 3. The summed E-state index contributed by atoms with van der Waals surface area (Å²) in [5.41, 5.74) is 1.96. The number of carbonyl (C=O) groups is 1. The molecule has 9 nitrogen and oxygen atoms in total. The first-order valence-corrected chi connectivity index (χ1v) is 12.3. The van der Waals surface area contributed by atoms with Gasteiger partial charge in [0.1, 0.15) is 22.6 Å². The van der Waals surface area contributed by atoms with Crippen molar-refractivity contribution in [2.24, 2.45) is 0 Å². The molecular formula is C28H30N4O5. The number of aromatic nitrogens is 3. The van der Waals surface area contributed by atoms with Crippen molar-refractivity contribution < 1.29 is 24.1 Å². The van der Waals surface area contributed by atoms with E-state index in [4.69, 9.17) is 19.3 Å². The summed E-state index contributed by atoms with van der Waals surface area (Å²) in [6, 6.07) is 16.3. The van der Waals surface area contributed by atoms with Crippen molar-refractivity contribution in [3.8, 4) is 17.2 Å². The molecule has 0 unspecified atom stereocenters. The van der Waals surface area contributed by atoms with E-state index < -0.39 is 5.97 Å². The number of carboxylic acid groups (broad SMARTS) is 1. The molecule has 2 N–H and O–H groups in total. The highest BCUT2D eigenvalue weighted by Crippen LogP contribution is 2.36. The second-order valence-electron chi connectivity index (χ2n) is 9.15. The van der Waals surface area contributed by atoms with Crippen LogP contribution in [-0.2, 0) is 11.3 Å². The molecule has 1 aliphatic carbocycles. The van der Waals surface area contributed by atoms with Gasteiger partial charge in [-0.1, -0.05) is 12.1 Å². The zero-order chi connectivity index (χ0) is 25.8. The van der Waals surface area contributed by atoms with Gasteiger partial charge in [0.15, 0.2) is 11.5 Å². The molecule has 9 heteroatoms. The molecule has 1 saturated carbocycles. The summed E-state index contributed by atoms with van der Waals surface area (Å²) in [4.78, 5) is 15.9. The van der Waals surface area contributed by atoms with Crippen LogP contribution in [0.5, 0.6) is 17.2 Å². The van der Waals surface area contributed by atoms with Crippen molar-refractivity contribution >= 4 is 22.8 Å². The molecule has 0 bridgehead atoms. The Balaban J connectivity index is 1.49. The molecule has 2 aromatic heterocycles. The van der Waals surface area contributed by atoms with Crippen LogP contribution in [0.4, 0.5) is 5.82 Å². The van der Waals surface area contributed by atoms with E-state index in [1.807, 2.05) is 28.9 Å². The van der Waals surface area contributed by atoms with Gasteiger partial charge in [-0.3, -0.25) is 0 Å². The Morgan fingerprint density at radius 3 is 2.35 bits per heavy atom. The van der Waals surface area contributed by atoms with Gasteiger partial charge in [0.2, 0.25) is 0 Å². The van der Waals surface area contributed by atoms with E-state index in [1.54, 1.807) is 38.6 Å². The van der Waals surface area contributed by atoms with Gasteiger partial charge in [0, 0.05) is 25.4 Å². The smallest absolute Gasteiger partial charge is 0.335 e. The van der Waals surface area contributed by atoms with Crippen molar-refractivity contribution in [2.45, 2.75) is 44.4 Å². The maximum absolute atomic E-state index is 11.2. The zero-order valence-electron chi connectivity index (χ0n) is 20.9. The molecule has 4 aromatic rings. The van der Waals surface area contributed by atoms with E-state index in [-0.39, 0.29) is 11.6 Å². The van der Waals surface area contributed by atoms with Crippen LogP contribution in [-0.4, -0.2) is 52.2 Å². The first-order valence-electron chi connectivity index (χ1n) is 12.3. The fourth-order valence-electron chi connectivity index (χ4n) is 4.70. The van der Waals surface area contributed by atoms with E-state index in [0.717, 1.165) is 48.2 Å². The van der Waals surface area contributed by atoms with Crippen LogP contribution < -0.4 is 14.8 Å². The zero-order valence-corrected chi connectivity index (χ0v) is 20.9. The molecule has 1 aliphatic rings. The third kappa shape index (κ3) is 5.51. The summed E-state index contributed by atoms with van der Waals surface area (Å²) in [5, 5.41) is 18.5. The van der Waals surface area contributed by atoms with Gasteiger partial charge in [-0.05, 0) is 67.6 Å². The first kappa shape index (κ1) is 24.6. The standard InChI is InChI=1S/C28H30N4O5/c1-35-21-9-3-18(4-10-21)17-32-27-25(26(31-32)30-20-7-13-22(36-2)14-8-20)24(15-16-29-27)37-23-11-5-19(6-12-23)28(33)34/h3-6,9-12,15-16,20,22H,7-8,13-14,17H2,1-2H3,(H,30,31)(H,33,34). The Hall–Kier alpha value is -4.11. The van der Waals surface area contributed by atoms with Crippen molar-refractivity contribution in [3.63, 3.8) is 0 Å². The van der Waals surface area contributed by atoms with Crippen molar-refractivity contribution in [1.82, 2.24) is 14.8 Å². The van der Waals surface area contributed by atoms with E-state index in [2.05, 4.69) is 10.3 Å².